The molecule has 6 heteroatoms. The highest BCUT2D eigenvalue weighted by Crippen LogP contribution is 2.35. The average Bonchev–Trinajstić information content (AvgIpc) is 3.06. The van der Waals surface area contributed by atoms with Crippen molar-refractivity contribution in [3.8, 4) is 0 Å². The van der Waals surface area contributed by atoms with Crippen molar-refractivity contribution >= 4 is 21.4 Å². The highest BCUT2D eigenvalue weighted by Gasteiger charge is 2.28. The molecule has 1 atom stereocenters. The standard InChI is InChI=1S/C21H29N3O2S/c1-4-15-27(25,26)22-16-21(18-9-11-19(12-10-18)23(2)3)24-14-13-17-7-5-6-8-20(17)24/h5-12,21-22H,4,13-16H2,1-3H3. The van der Waals surface area contributed by atoms with E-state index in [1.54, 1.807) is 0 Å². The van der Waals surface area contributed by atoms with Gasteiger partial charge in [0.2, 0.25) is 10.0 Å². The molecule has 146 valence electrons. The lowest BCUT2D eigenvalue weighted by molar-refractivity contribution is 0.562. The van der Waals surface area contributed by atoms with Crippen LogP contribution >= 0.6 is 0 Å². The Kier molecular flexibility index (Phi) is 6.07. The van der Waals surface area contributed by atoms with Crippen molar-refractivity contribution in [2.75, 3.05) is 42.7 Å². The molecule has 1 heterocycles. The Bertz CT molecular complexity index is 863. The molecule has 2 aromatic rings. The molecule has 1 unspecified atom stereocenters. The maximum Gasteiger partial charge on any atom is 0.211 e. The summed E-state index contributed by atoms with van der Waals surface area (Å²) < 4.78 is 27.3. The quantitative estimate of drug-likeness (QED) is 0.756. The summed E-state index contributed by atoms with van der Waals surface area (Å²) in [5.41, 5.74) is 4.78. The second kappa shape index (κ2) is 8.31. The van der Waals surface area contributed by atoms with Crippen LogP contribution in [0.3, 0.4) is 0 Å². The van der Waals surface area contributed by atoms with E-state index in [0.717, 1.165) is 24.2 Å². The van der Waals surface area contributed by atoms with Gasteiger partial charge in [0, 0.05) is 38.6 Å². The van der Waals surface area contributed by atoms with Gasteiger partial charge in [0.1, 0.15) is 0 Å². The second-order valence-corrected chi connectivity index (χ2v) is 9.17. The summed E-state index contributed by atoms with van der Waals surface area (Å²) in [6.45, 7) is 3.15. The van der Waals surface area contributed by atoms with E-state index in [0.29, 0.717) is 13.0 Å². The molecule has 3 rings (SSSR count). The summed E-state index contributed by atoms with van der Waals surface area (Å²) in [6.07, 6.45) is 1.61. The van der Waals surface area contributed by atoms with E-state index in [4.69, 9.17) is 0 Å². The van der Waals surface area contributed by atoms with Crippen LogP contribution in [0.5, 0.6) is 0 Å². The van der Waals surface area contributed by atoms with Crippen molar-refractivity contribution in [1.29, 1.82) is 0 Å². The van der Waals surface area contributed by atoms with Crippen LogP contribution in [-0.2, 0) is 16.4 Å². The number of sulfonamides is 1. The van der Waals surface area contributed by atoms with Crippen molar-refractivity contribution in [2.24, 2.45) is 0 Å². The summed E-state index contributed by atoms with van der Waals surface area (Å²) in [4.78, 5) is 4.39. The minimum Gasteiger partial charge on any atom is -0.378 e. The Balaban J connectivity index is 1.90. The lowest BCUT2D eigenvalue weighted by Gasteiger charge is -2.31. The van der Waals surface area contributed by atoms with Crippen molar-refractivity contribution in [3.05, 3.63) is 59.7 Å². The van der Waals surface area contributed by atoms with Gasteiger partial charge >= 0.3 is 0 Å². The van der Waals surface area contributed by atoms with Gasteiger partial charge in [-0.2, -0.15) is 0 Å². The molecule has 0 bridgehead atoms. The molecule has 0 saturated heterocycles. The number of nitrogens with one attached hydrogen (secondary N) is 1. The molecule has 1 aliphatic rings. The van der Waals surface area contributed by atoms with Gasteiger partial charge in [-0.3, -0.25) is 0 Å². The monoisotopic (exact) mass is 387 g/mol. The Morgan fingerprint density at radius 1 is 1.11 bits per heavy atom. The van der Waals surface area contributed by atoms with E-state index < -0.39 is 10.0 Å². The lowest BCUT2D eigenvalue weighted by Crippen LogP contribution is -2.38. The SMILES string of the molecule is CCCS(=O)(=O)NCC(c1ccc(N(C)C)cc1)N1CCc2ccccc21. The number of hydrogen-bond donors (Lipinski definition) is 1. The van der Waals surface area contributed by atoms with Crippen LogP contribution in [0.2, 0.25) is 0 Å². The number of rotatable bonds is 8. The third kappa shape index (κ3) is 4.62. The molecule has 1 aliphatic heterocycles. The Morgan fingerprint density at radius 3 is 2.48 bits per heavy atom. The first-order valence-corrected chi connectivity index (χ1v) is 11.2. The molecular formula is C21H29N3O2S. The summed E-state index contributed by atoms with van der Waals surface area (Å²) >= 11 is 0. The van der Waals surface area contributed by atoms with Gasteiger partial charge in [-0.1, -0.05) is 37.3 Å². The number of hydrogen-bond acceptors (Lipinski definition) is 4. The highest BCUT2D eigenvalue weighted by atomic mass is 32.2. The van der Waals surface area contributed by atoms with Crippen LogP contribution in [-0.4, -0.2) is 41.4 Å². The second-order valence-electron chi connectivity index (χ2n) is 7.24. The number of nitrogens with zero attached hydrogens (tertiary/aromatic N) is 2. The molecular weight excluding hydrogens is 358 g/mol. The van der Waals surface area contributed by atoms with Crippen LogP contribution in [0.4, 0.5) is 11.4 Å². The molecule has 0 aromatic heterocycles. The minimum atomic E-state index is -3.25. The summed E-state index contributed by atoms with van der Waals surface area (Å²) in [7, 11) is 0.784. The van der Waals surface area contributed by atoms with Gasteiger partial charge in [0.05, 0.1) is 11.8 Å². The maximum absolute atomic E-state index is 12.2. The normalized spacial score (nSPS) is 14.9. The van der Waals surface area contributed by atoms with Gasteiger partial charge in [-0.15, -0.1) is 0 Å². The molecule has 5 nitrogen and oxygen atoms in total. The van der Waals surface area contributed by atoms with Gasteiger partial charge in [0.15, 0.2) is 0 Å². The fourth-order valence-corrected chi connectivity index (χ4v) is 4.73. The van der Waals surface area contributed by atoms with Crippen molar-refractivity contribution in [1.82, 2.24) is 4.72 Å². The molecule has 0 fully saturated rings. The minimum absolute atomic E-state index is 0.0310. The first kappa shape index (κ1) is 19.7. The van der Waals surface area contributed by atoms with E-state index in [2.05, 4.69) is 57.0 Å². The molecule has 0 saturated carbocycles. The van der Waals surface area contributed by atoms with Crippen molar-refractivity contribution in [3.63, 3.8) is 0 Å². The number of para-hydroxylation sites is 1. The number of anilines is 2. The van der Waals surface area contributed by atoms with E-state index in [-0.39, 0.29) is 11.8 Å². The van der Waals surface area contributed by atoms with E-state index in [1.165, 1.54) is 11.3 Å². The van der Waals surface area contributed by atoms with Crippen LogP contribution < -0.4 is 14.5 Å². The summed E-state index contributed by atoms with van der Waals surface area (Å²) in [5.74, 6) is 0.163. The van der Waals surface area contributed by atoms with E-state index >= 15 is 0 Å². The van der Waals surface area contributed by atoms with Crippen LogP contribution in [0.15, 0.2) is 48.5 Å². The van der Waals surface area contributed by atoms with Crippen molar-refractivity contribution < 1.29 is 8.42 Å². The molecule has 0 radical (unpaired) electrons. The van der Waals surface area contributed by atoms with Crippen molar-refractivity contribution in [2.45, 2.75) is 25.8 Å². The zero-order chi connectivity index (χ0) is 19.4. The fourth-order valence-electron chi connectivity index (χ4n) is 3.64. The molecule has 2 aromatic carbocycles. The first-order valence-electron chi connectivity index (χ1n) is 9.50. The van der Waals surface area contributed by atoms with Gasteiger partial charge < -0.3 is 9.80 Å². The Hall–Kier alpha value is -2.05. The molecule has 27 heavy (non-hydrogen) atoms. The molecule has 0 aliphatic carbocycles. The lowest BCUT2D eigenvalue weighted by atomic mass is 10.0. The number of fused-ring (bicyclic) bond motifs is 1. The van der Waals surface area contributed by atoms with Crippen LogP contribution in [0, 0.1) is 0 Å². The molecule has 0 amide bonds. The Morgan fingerprint density at radius 2 is 1.81 bits per heavy atom. The van der Waals surface area contributed by atoms with E-state index in [1.807, 2.05) is 27.1 Å². The average molecular weight is 388 g/mol. The zero-order valence-corrected chi connectivity index (χ0v) is 17.2. The number of benzene rings is 2. The van der Waals surface area contributed by atoms with E-state index in [9.17, 15) is 8.42 Å². The highest BCUT2D eigenvalue weighted by molar-refractivity contribution is 7.89. The van der Waals surface area contributed by atoms with Gasteiger partial charge in [-0.05, 0) is 42.2 Å². The third-order valence-electron chi connectivity index (χ3n) is 5.06. The molecule has 1 N–H and O–H groups in total. The predicted molar refractivity (Wildman–Crippen MR) is 113 cm³/mol. The zero-order valence-electron chi connectivity index (χ0n) is 16.4. The topological polar surface area (TPSA) is 52.7 Å². The smallest absolute Gasteiger partial charge is 0.211 e. The third-order valence-corrected chi connectivity index (χ3v) is 6.62. The summed E-state index contributed by atoms with van der Waals surface area (Å²) in [6, 6.07) is 16.8. The van der Waals surface area contributed by atoms with Crippen LogP contribution in [0.25, 0.3) is 0 Å². The van der Waals surface area contributed by atoms with Gasteiger partial charge in [-0.25, -0.2) is 13.1 Å². The van der Waals surface area contributed by atoms with Gasteiger partial charge in [0.25, 0.3) is 0 Å². The van der Waals surface area contributed by atoms with Crippen LogP contribution in [0.1, 0.15) is 30.5 Å². The predicted octanol–water partition coefficient (Wildman–Crippen LogP) is 3.19. The largest absolute Gasteiger partial charge is 0.378 e. The molecule has 0 spiro atoms. The first-order chi connectivity index (χ1) is 12.9. The maximum atomic E-state index is 12.2. The fraction of sp³-hybridized carbons (Fsp3) is 0.429. The summed E-state index contributed by atoms with van der Waals surface area (Å²) in [5, 5.41) is 0. The Labute approximate surface area is 163 Å².